The Hall–Kier alpha value is -5.69. The number of nitrogens with zero attached hydrogens (tertiary/aromatic N) is 8. The lowest BCUT2D eigenvalue weighted by Crippen LogP contribution is -2.65. The third-order valence-electron chi connectivity index (χ3n) is 14.2. The van der Waals surface area contributed by atoms with E-state index in [2.05, 4.69) is 71.8 Å². The number of rotatable bonds is 10. The number of ether oxygens (including phenoxy) is 2. The van der Waals surface area contributed by atoms with Crippen LogP contribution in [0.3, 0.4) is 0 Å². The molecule has 0 saturated carbocycles. The zero-order chi connectivity index (χ0) is 49.3. The normalized spacial score (nSPS) is 21.3. The average molecular weight is 965 g/mol. The number of carbonyl (C=O) groups is 5. The maximum atomic E-state index is 14.7. The van der Waals surface area contributed by atoms with Gasteiger partial charge in [-0.2, -0.15) is 0 Å². The summed E-state index contributed by atoms with van der Waals surface area (Å²) in [5, 5.41) is 8.18. The van der Waals surface area contributed by atoms with Crippen LogP contribution in [0.25, 0.3) is 33.4 Å². The van der Waals surface area contributed by atoms with Gasteiger partial charge in [-0.25, -0.2) is 15.2 Å². The van der Waals surface area contributed by atoms with Crippen LogP contribution in [0, 0.1) is 11.3 Å². The molecule has 18 heteroatoms. The number of piperazine rings is 1. The Morgan fingerprint density at radius 1 is 1.09 bits per heavy atom. The molecule has 7 heterocycles. The summed E-state index contributed by atoms with van der Waals surface area (Å²) in [5.41, 5.74) is 9.31. The summed E-state index contributed by atoms with van der Waals surface area (Å²) < 4.78 is 14.3. The molecule has 17 nitrogen and oxygen atoms in total. The van der Waals surface area contributed by atoms with Crippen LogP contribution in [0.5, 0.6) is 0 Å². The average Bonchev–Trinajstić information content (AvgIpc) is 3.93. The first-order valence-electron chi connectivity index (χ1n) is 24.3. The maximum Gasteiger partial charge on any atom is 0.324 e. The Labute approximate surface area is 409 Å². The van der Waals surface area contributed by atoms with Gasteiger partial charge in [0.2, 0.25) is 11.8 Å². The molecule has 0 spiro atoms. The smallest absolute Gasteiger partial charge is 0.324 e. The minimum absolute atomic E-state index is 0.0744. The minimum Gasteiger partial charge on any atom is -0.464 e. The van der Waals surface area contributed by atoms with Crippen LogP contribution in [-0.2, 0) is 48.0 Å². The quantitative estimate of drug-likeness (QED) is 0.156. The largest absolute Gasteiger partial charge is 0.464 e. The summed E-state index contributed by atoms with van der Waals surface area (Å²) in [4.78, 5) is 86.5. The van der Waals surface area contributed by atoms with Gasteiger partial charge >= 0.3 is 12.0 Å². The highest BCUT2D eigenvalue weighted by Gasteiger charge is 2.41. The van der Waals surface area contributed by atoms with E-state index in [9.17, 15) is 24.0 Å². The van der Waals surface area contributed by atoms with E-state index in [1.165, 1.54) is 27.3 Å². The second-order valence-corrected chi connectivity index (χ2v) is 20.9. The van der Waals surface area contributed by atoms with Crippen molar-refractivity contribution in [1.82, 2.24) is 49.9 Å². The van der Waals surface area contributed by atoms with E-state index in [-0.39, 0.29) is 43.0 Å². The van der Waals surface area contributed by atoms with Gasteiger partial charge in [-0.3, -0.25) is 34.1 Å². The van der Waals surface area contributed by atoms with E-state index in [1.807, 2.05) is 32.2 Å². The molecule has 3 aromatic heterocycles. The van der Waals surface area contributed by atoms with Crippen LogP contribution in [0.1, 0.15) is 76.8 Å². The monoisotopic (exact) mass is 964 g/mol. The number of aryl methyl sites for hydroxylation is 1. The van der Waals surface area contributed by atoms with Crippen molar-refractivity contribution >= 4 is 52.0 Å². The van der Waals surface area contributed by atoms with Crippen LogP contribution >= 0.6 is 11.3 Å². The first kappa shape index (κ1) is 49.7. The maximum absolute atomic E-state index is 14.7. The van der Waals surface area contributed by atoms with Gasteiger partial charge in [-0.05, 0) is 74.9 Å². The highest BCUT2D eigenvalue weighted by Crippen LogP contribution is 2.42. The number of hydrogen-bond acceptors (Lipinski definition) is 12. The van der Waals surface area contributed by atoms with Crippen LogP contribution in [-0.4, -0.2) is 160 Å². The summed E-state index contributed by atoms with van der Waals surface area (Å²) in [6.07, 6.45) is 4.55. The molecule has 5 amide bonds. The number of urea groups is 1. The summed E-state index contributed by atoms with van der Waals surface area (Å²) in [7, 11) is 3.33. The third-order valence-corrected chi connectivity index (χ3v) is 15.1. The van der Waals surface area contributed by atoms with Crippen molar-refractivity contribution in [1.29, 1.82) is 0 Å². The number of pyridine rings is 1. The highest BCUT2D eigenvalue weighted by molar-refractivity contribution is 7.10. The van der Waals surface area contributed by atoms with Gasteiger partial charge in [0.15, 0.2) is 0 Å². The molecule has 4 atom stereocenters. The number of aromatic nitrogens is 3. The van der Waals surface area contributed by atoms with Crippen molar-refractivity contribution in [2.24, 2.45) is 11.3 Å². The first-order valence-corrected chi connectivity index (χ1v) is 25.2. The van der Waals surface area contributed by atoms with E-state index in [0.29, 0.717) is 76.6 Å². The molecule has 3 fully saturated rings. The summed E-state index contributed by atoms with van der Waals surface area (Å²) in [5.74, 6) is -1.69. The molecule has 0 aliphatic carbocycles. The van der Waals surface area contributed by atoms with Crippen molar-refractivity contribution < 1.29 is 33.4 Å². The minimum atomic E-state index is -1.07. The van der Waals surface area contributed by atoms with Crippen LogP contribution in [0.4, 0.5) is 4.79 Å². The molecule has 1 aromatic carbocycles. The van der Waals surface area contributed by atoms with E-state index >= 15 is 0 Å². The number of thiazole rings is 1. The van der Waals surface area contributed by atoms with Crippen LogP contribution < -0.4 is 10.7 Å². The Kier molecular flexibility index (Phi) is 14.9. The fourth-order valence-corrected chi connectivity index (χ4v) is 11.2. The Morgan fingerprint density at radius 2 is 1.84 bits per heavy atom. The van der Waals surface area contributed by atoms with E-state index < -0.39 is 41.3 Å². The molecule has 4 aliphatic heterocycles. The van der Waals surface area contributed by atoms with Gasteiger partial charge in [-0.1, -0.05) is 40.3 Å². The number of cyclic esters (lactones) is 1. The number of fused-ring (bicyclic) bond motifs is 6. The number of esters is 1. The van der Waals surface area contributed by atoms with Gasteiger partial charge in [0.25, 0.3) is 5.91 Å². The molecular weight excluding hydrogens is 897 g/mol. The number of methoxy groups -OCH3 is 1. The first-order chi connectivity index (χ1) is 33.0. The second-order valence-electron chi connectivity index (χ2n) is 20.0. The number of hydrazine groups is 1. The van der Waals surface area contributed by atoms with Gasteiger partial charge in [0.1, 0.15) is 18.1 Å². The highest BCUT2D eigenvalue weighted by atomic mass is 32.1. The van der Waals surface area contributed by atoms with Crippen LogP contribution in [0.2, 0.25) is 0 Å². The van der Waals surface area contributed by atoms with Crippen molar-refractivity contribution in [2.45, 2.75) is 104 Å². The number of likely N-dealkylation sites (tertiary alicyclic amines) is 1. The Balaban J connectivity index is 1.09. The SMILES string of the molecule is C=CC(=O)N1CC(N2CCN(C(=O)N(C)C(C(=O)N[C@H]3Cc4nc(cs4)-c4ccc5c(c4)c(c(-c4cccnc4[C@H](C)OC)n5CC)CC(C)(C)COC(=O)[C@@H]4CCCN(N4)C3=O)C(C)C)CC2)C1. The van der Waals surface area contributed by atoms with Crippen molar-refractivity contribution in [3.63, 3.8) is 0 Å². The zero-order valence-electron chi connectivity index (χ0n) is 41.3. The third kappa shape index (κ3) is 10.3. The number of carbonyl (C=O) groups excluding carboxylic acids is 5. The predicted molar refractivity (Wildman–Crippen MR) is 265 cm³/mol. The number of hydrogen-bond donors (Lipinski definition) is 2. The van der Waals surface area contributed by atoms with Gasteiger partial charge in [0, 0.05) is 118 Å². The van der Waals surface area contributed by atoms with Gasteiger partial charge in [-0.15, -0.1) is 11.3 Å². The number of nitrogens with one attached hydrogen (secondary N) is 2. The Bertz CT molecular complexity index is 2580. The molecule has 1 unspecified atom stereocenters. The summed E-state index contributed by atoms with van der Waals surface area (Å²) in [6.45, 7) is 20.4. The molecule has 2 N–H and O–H groups in total. The Morgan fingerprint density at radius 3 is 2.54 bits per heavy atom. The fraction of sp³-hybridized carbons (Fsp3) is 0.549. The predicted octanol–water partition coefficient (Wildman–Crippen LogP) is 5.29. The van der Waals surface area contributed by atoms with Crippen molar-refractivity contribution in [2.75, 3.05) is 66.6 Å². The topological polar surface area (TPSA) is 175 Å². The number of amides is 5. The standard InChI is InChI=1S/C51H68N10O7S/c1-10-43(62)59-27-34(28-59)57-20-22-58(23-21-57)50(66)56(8)45(31(3)4)47(63)54-39-25-42-53-40(29-69-42)33-16-17-41-36(24-33)37(46(60(41)11-2)35-14-12-18-52-44(35)32(5)67-9)26-51(6,7)30-68-49(65)38-15-13-19-61(55-38)48(39)64/h10,12,14,16-18,24,29,31-32,34,38-39,45,55H,1,11,13,15,19-23,25-28,30H2,2-9H3,(H,54,63)/t32-,38-,39-,45?/m0/s1. The van der Waals surface area contributed by atoms with E-state index in [4.69, 9.17) is 19.4 Å². The second kappa shape index (κ2) is 20.7. The lowest BCUT2D eigenvalue weighted by Gasteiger charge is -2.48. The van der Waals surface area contributed by atoms with Gasteiger partial charge < -0.3 is 34.1 Å². The lowest BCUT2D eigenvalue weighted by atomic mass is 9.84. The molecule has 6 bridgehead atoms. The molecule has 370 valence electrons. The van der Waals surface area contributed by atoms with E-state index in [1.54, 1.807) is 30.2 Å². The molecule has 4 aliphatic rings. The molecular formula is C51H68N10O7S. The zero-order valence-corrected chi connectivity index (χ0v) is 42.1. The molecule has 69 heavy (non-hydrogen) atoms. The number of likely N-dealkylation sites (N-methyl/N-ethyl adjacent to an activating group) is 1. The summed E-state index contributed by atoms with van der Waals surface area (Å²) >= 11 is 1.42. The molecule has 3 saturated heterocycles. The molecule has 8 rings (SSSR count). The number of benzene rings is 1. The van der Waals surface area contributed by atoms with Crippen molar-refractivity contribution in [3.8, 4) is 22.5 Å². The molecule has 0 radical (unpaired) electrons. The fourth-order valence-electron chi connectivity index (χ4n) is 10.4. The summed E-state index contributed by atoms with van der Waals surface area (Å²) in [6, 6.07) is 7.66. The van der Waals surface area contributed by atoms with E-state index in [0.717, 1.165) is 44.7 Å². The molecule has 4 aromatic rings. The lowest BCUT2D eigenvalue weighted by molar-refractivity contribution is -0.155. The van der Waals surface area contributed by atoms with Gasteiger partial charge in [0.05, 0.1) is 34.8 Å². The van der Waals surface area contributed by atoms with Crippen LogP contribution in [0.15, 0.2) is 54.6 Å². The van der Waals surface area contributed by atoms with Crippen molar-refractivity contribution in [3.05, 3.63) is 70.8 Å².